The number of rotatable bonds is 8. The van der Waals surface area contributed by atoms with Gasteiger partial charge in [-0.15, -0.1) is 0 Å². The fourth-order valence-corrected chi connectivity index (χ4v) is 3.31. The van der Waals surface area contributed by atoms with Gasteiger partial charge in [-0.2, -0.15) is 0 Å². The van der Waals surface area contributed by atoms with Crippen LogP contribution in [0.1, 0.15) is 68.6 Å². The Labute approximate surface area is 161 Å². The largest absolute Gasteiger partial charge is 0.339 e. The van der Waals surface area contributed by atoms with Crippen LogP contribution in [0, 0.1) is 0 Å². The summed E-state index contributed by atoms with van der Waals surface area (Å²) >= 11 is 5.21. The molecule has 1 saturated heterocycles. The lowest BCUT2D eigenvalue weighted by molar-refractivity contribution is -0.119. The van der Waals surface area contributed by atoms with Crippen LogP contribution in [0.5, 0.6) is 0 Å². The molecule has 0 unspecified atom stereocenters. The number of amides is 2. The normalized spacial score (nSPS) is 13.5. The molecule has 1 aromatic carbocycles. The zero-order valence-corrected chi connectivity index (χ0v) is 16.4. The molecule has 0 atom stereocenters. The maximum absolute atomic E-state index is 12.5. The summed E-state index contributed by atoms with van der Waals surface area (Å²) in [5.74, 6) is -0.0171. The Hall–Kier alpha value is -1.95. The number of nitrogens with zero attached hydrogens (tertiary/aromatic N) is 1. The van der Waals surface area contributed by atoms with E-state index in [1.54, 1.807) is 6.07 Å². The summed E-state index contributed by atoms with van der Waals surface area (Å²) in [6, 6.07) is 7.25. The summed E-state index contributed by atoms with van der Waals surface area (Å²) in [6.45, 7) is 3.82. The summed E-state index contributed by atoms with van der Waals surface area (Å²) in [4.78, 5) is 26.3. The van der Waals surface area contributed by atoms with E-state index in [2.05, 4.69) is 17.6 Å². The molecule has 2 N–H and O–H groups in total. The predicted octanol–water partition coefficient (Wildman–Crippen LogP) is 4.10. The van der Waals surface area contributed by atoms with E-state index < -0.39 is 0 Å². The molecule has 1 aliphatic heterocycles. The van der Waals surface area contributed by atoms with E-state index in [0.717, 1.165) is 38.8 Å². The molecule has 2 rings (SSSR count). The van der Waals surface area contributed by atoms with Gasteiger partial charge < -0.3 is 15.5 Å². The van der Waals surface area contributed by atoms with Crippen molar-refractivity contribution in [2.75, 3.05) is 18.4 Å². The van der Waals surface area contributed by atoms with Gasteiger partial charge in [0.1, 0.15) is 0 Å². The van der Waals surface area contributed by atoms with E-state index in [9.17, 15) is 9.59 Å². The first kappa shape index (κ1) is 20.4. The van der Waals surface area contributed by atoms with Gasteiger partial charge >= 0.3 is 0 Å². The SMILES string of the molecule is CCCCCCCC(=O)NC(=S)Nc1cccc(C(=O)N2CCCC2)c1. The second kappa shape index (κ2) is 10.9. The van der Waals surface area contributed by atoms with Gasteiger partial charge in [-0.05, 0) is 49.7 Å². The molecule has 0 saturated carbocycles. The molecule has 0 bridgehead atoms. The molecular weight excluding hydrogens is 346 g/mol. The summed E-state index contributed by atoms with van der Waals surface area (Å²) in [5.41, 5.74) is 1.35. The molecule has 0 spiro atoms. The highest BCUT2D eigenvalue weighted by Crippen LogP contribution is 2.16. The van der Waals surface area contributed by atoms with Crippen LogP contribution < -0.4 is 10.6 Å². The van der Waals surface area contributed by atoms with E-state index in [-0.39, 0.29) is 16.9 Å². The average Bonchev–Trinajstić information content (AvgIpc) is 3.15. The number of thiocarbonyl (C=S) groups is 1. The summed E-state index contributed by atoms with van der Waals surface area (Å²) in [6.07, 6.45) is 8.16. The molecule has 0 aromatic heterocycles. The van der Waals surface area contributed by atoms with Crippen molar-refractivity contribution < 1.29 is 9.59 Å². The molecule has 0 radical (unpaired) electrons. The first-order valence-electron chi connectivity index (χ1n) is 9.60. The van der Waals surface area contributed by atoms with Crippen molar-refractivity contribution in [2.45, 2.75) is 58.3 Å². The van der Waals surface area contributed by atoms with Crippen LogP contribution >= 0.6 is 12.2 Å². The maximum atomic E-state index is 12.5. The number of nitrogens with one attached hydrogen (secondary N) is 2. The quantitative estimate of drug-likeness (QED) is 0.530. The fourth-order valence-electron chi connectivity index (χ4n) is 3.07. The van der Waals surface area contributed by atoms with Crippen molar-refractivity contribution >= 4 is 34.8 Å². The zero-order chi connectivity index (χ0) is 18.8. The van der Waals surface area contributed by atoms with Crippen LogP contribution in [0.25, 0.3) is 0 Å². The molecule has 142 valence electrons. The topological polar surface area (TPSA) is 61.4 Å². The van der Waals surface area contributed by atoms with Gasteiger partial charge in [0.2, 0.25) is 5.91 Å². The van der Waals surface area contributed by atoms with E-state index in [0.29, 0.717) is 17.7 Å². The van der Waals surface area contributed by atoms with Crippen LogP contribution in [0.4, 0.5) is 5.69 Å². The lowest BCUT2D eigenvalue weighted by atomic mass is 10.1. The van der Waals surface area contributed by atoms with E-state index in [1.807, 2.05) is 23.1 Å². The van der Waals surface area contributed by atoms with Gasteiger partial charge in [-0.3, -0.25) is 9.59 Å². The number of benzene rings is 1. The smallest absolute Gasteiger partial charge is 0.253 e. The Balaban J connectivity index is 1.78. The van der Waals surface area contributed by atoms with Crippen molar-refractivity contribution in [3.8, 4) is 0 Å². The highest BCUT2D eigenvalue weighted by Gasteiger charge is 2.19. The van der Waals surface area contributed by atoms with Crippen molar-refractivity contribution in [3.05, 3.63) is 29.8 Å². The third-order valence-electron chi connectivity index (χ3n) is 4.52. The van der Waals surface area contributed by atoms with Gasteiger partial charge in [0.25, 0.3) is 5.91 Å². The van der Waals surface area contributed by atoms with E-state index in [1.165, 1.54) is 19.3 Å². The van der Waals surface area contributed by atoms with Crippen molar-refractivity contribution in [3.63, 3.8) is 0 Å². The third-order valence-corrected chi connectivity index (χ3v) is 4.73. The number of hydrogen-bond donors (Lipinski definition) is 2. The minimum absolute atomic E-state index is 0.0492. The number of unbranched alkanes of at least 4 members (excludes halogenated alkanes) is 4. The first-order chi connectivity index (χ1) is 12.6. The Morgan fingerprint density at radius 2 is 1.85 bits per heavy atom. The standard InChI is InChI=1S/C20H29N3O2S/c1-2-3-4-5-6-12-18(24)22-20(26)21-17-11-9-10-16(15-17)19(25)23-13-7-8-14-23/h9-11,15H,2-8,12-14H2,1H3,(H2,21,22,24,26). The highest BCUT2D eigenvalue weighted by atomic mass is 32.1. The third kappa shape index (κ3) is 6.75. The molecule has 1 heterocycles. The summed E-state index contributed by atoms with van der Waals surface area (Å²) < 4.78 is 0. The summed E-state index contributed by atoms with van der Waals surface area (Å²) in [5, 5.41) is 5.98. The molecule has 1 aromatic rings. The predicted molar refractivity (Wildman–Crippen MR) is 109 cm³/mol. The lowest BCUT2D eigenvalue weighted by Gasteiger charge is -2.16. The minimum Gasteiger partial charge on any atom is -0.339 e. The number of likely N-dealkylation sites (tertiary alicyclic amines) is 1. The zero-order valence-electron chi connectivity index (χ0n) is 15.6. The average molecular weight is 376 g/mol. The number of carbonyl (C=O) groups excluding carboxylic acids is 2. The second-order valence-electron chi connectivity index (χ2n) is 6.75. The van der Waals surface area contributed by atoms with Crippen molar-refractivity contribution in [2.24, 2.45) is 0 Å². The fraction of sp³-hybridized carbons (Fsp3) is 0.550. The van der Waals surface area contributed by atoms with Crippen molar-refractivity contribution in [1.29, 1.82) is 0 Å². The summed E-state index contributed by atoms with van der Waals surface area (Å²) in [7, 11) is 0. The highest BCUT2D eigenvalue weighted by molar-refractivity contribution is 7.80. The molecule has 6 heteroatoms. The van der Waals surface area contributed by atoms with Gasteiger partial charge in [0, 0.05) is 30.8 Å². The Bertz CT molecular complexity index is 627. The van der Waals surface area contributed by atoms with Crippen LogP contribution in [0.2, 0.25) is 0 Å². The van der Waals surface area contributed by atoms with Gasteiger partial charge in [-0.1, -0.05) is 38.7 Å². The number of carbonyl (C=O) groups is 2. The van der Waals surface area contributed by atoms with Crippen LogP contribution in [-0.4, -0.2) is 34.9 Å². The van der Waals surface area contributed by atoms with Crippen molar-refractivity contribution in [1.82, 2.24) is 10.2 Å². The molecule has 2 amide bonds. The molecule has 1 aliphatic rings. The molecular formula is C20H29N3O2S. The maximum Gasteiger partial charge on any atom is 0.253 e. The van der Waals surface area contributed by atoms with Crippen LogP contribution in [0.3, 0.4) is 0 Å². The minimum atomic E-state index is -0.0664. The molecule has 0 aliphatic carbocycles. The molecule has 26 heavy (non-hydrogen) atoms. The van der Waals surface area contributed by atoms with Gasteiger partial charge in [-0.25, -0.2) is 0 Å². The molecule has 1 fully saturated rings. The Morgan fingerprint density at radius 3 is 2.58 bits per heavy atom. The Kier molecular flexibility index (Phi) is 8.54. The number of hydrogen-bond acceptors (Lipinski definition) is 3. The van der Waals surface area contributed by atoms with Crippen LogP contribution in [-0.2, 0) is 4.79 Å². The molecule has 5 nitrogen and oxygen atoms in total. The van der Waals surface area contributed by atoms with Crippen LogP contribution in [0.15, 0.2) is 24.3 Å². The second-order valence-corrected chi connectivity index (χ2v) is 7.15. The lowest BCUT2D eigenvalue weighted by Crippen LogP contribution is -2.34. The first-order valence-corrected chi connectivity index (χ1v) is 10.0. The Morgan fingerprint density at radius 1 is 1.12 bits per heavy atom. The number of anilines is 1. The van der Waals surface area contributed by atoms with E-state index >= 15 is 0 Å². The monoisotopic (exact) mass is 375 g/mol. The van der Waals surface area contributed by atoms with Gasteiger partial charge in [0.05, 0.1) is 0 Å². The van der Waals surface area contributed by atoms with Gasteiger partial charge in [0.15, 0.2) is 5.11 Å². The van der Waals surface area contributed by atoms with E-state index in [4.69, 9.17) is 12.2 Å².